The van der Waals surface area contributed by atoms with Gasteiger partial charge in [0.15, 0.2) is 11.5 Å². The highest BCUT2D eigenvalue weighted by molar-refractivity contribution is 5.82. The number of aromatic nitrogens is 2. The third-order valence-corrected chi connectivity index (χ3v) is 4.56. The molecule has 0 amide bonds. The van der Waals surface area contributed by atoms with Crippen molar-refractivity contribution in [1.29, 1.82) is 0 Å². The van der Waals surface area contributed by atoms with Gasteiger partial charge in [-0.25, -0.2) is 10.4 Å². The van der Waals surface area contributed by atoms with Gasteiger partial charge in [-0.3, -0.25) is 0 Å². The van der Waals surface area contributed by atoms with Crippen molar-refractivity contribution in [3.05, 3.63) is 83.4 Å². The molecule has 0 saturated heterocycles. The van der Waals surface area contributed by atoms with Gasteiger partial charge in [-0.1, -0.05) is 42.0 Å². The lowest BCUT2D eigenvalue weighted by Crippen LogP contribution is -2.01. The summed E-state index contributed by atoms with van der Waals surface area (Å²) in [6, 6.07) is 21.9. The maximum atomic E-state index is 5.98. The molecule has 2 N–H and O–H groups in total. The molecule has 6 heteroatoms. The number of H-pyrrole nitrogens is 1. The first-order valence-corrected chi connectivity index (χ1v) is 9.90. The first-order chi connectivity index (χ1) is 14.7. The van der Waals surface area contributed by atoms with Gasteiger partial charge in [0.25, 0.3) is 0 Å². The van der Waals surface area contributed by atoms with Crippen molar-refractivity contribution in [2.75, 3.05) is 12.0 Å². The summed E-state index contributed by atoms with van der Waals surface area (Å²) in [5, 5.41) is 4.27. The van der Waals surface area contributed by atoms with Gasteiger partial charge in [0.1, 0.15) is 6.61 Å². The number of hydrogen-bond donors (Lipinski definition) is 2. The van der Waals surface area contributed by atoms with Gasteiger partial charge in [-0.05, 0) is 55.3 Å². The molecule has 0 unspecified atom stereocenters. The summed E-state index contributed by atoms with van der Waals surface area (Å²) in [4.78, 5) is 7.62. The number of ether oxygens (including phenoxy) is 2. The average Bonchev–Trinajstić information content (AvgIpc) is 3.17. The Morgan fingerprint density at radius 3 is 2.63 bits per heavy atom. The van der Waals surface area contributed by atoms with Crippen molar-refractivity contribution in [3.8, 4) is 11.5 Å². The van der Waals surface area contributed by atoms with Crippen LogP contribution in [0.15, 0.2) is 71.8 Å². The number of imidazole rings is 1. The van der Waals surface area contributed by atoms with E-state index in [-0.39, 0.29) is 0 Å². The first-order valence-electron chi connectivity index (χ1n) is 9.90. The van der Waals surface area contributed by atoms with E-state index >= 15 is 0 Å². The zero-order valence-corrected chi connectivity index (χ0v) is 17.1. The Balaban J connectivity index is 1.43. The van der Waals surface area contributed by atoms with Gasteiger partial charge in [0, 0.05) is 0 Å². The van der Waals surface area contributed by atoms with Gasteiger partial charge < -0.3 is 14.5 Å². The van der Waals surface area contributed by atoms with E-state index in [9.17, 15) is 0 Å². The predicted octanol–water partition coefficient (Wildman–Crippen LogP) is 5.30. The lowest BCUT2D eigenvalue weighted by molar-refractivity contribution is 0.269. The molecule has 152 valence electrons. The third kappa shape index (κ3) is 4.78. The number of hydrogen-bond acceptors (Lipinski definition) is 5. The molecule has 0 aliphatic heterocycles. The summed E-state index contributed by atoms with van der Waals surface area (Å²) < 4.78 is 11.7. The van der Waals surface area contributed by atoms with Crippen molar-refractivity contribution in [3.63, 3.8) is 0 Å². The van der Waals surface area contributed by atoms with Gasteiger partial charge in [0.2, 0.25) is 5.95 Å². The van der Waals surface area contributed by atoms with Gasteiger partial charge in [0.05, 0.1) is 23.9 Å². The number of aryl methyl sites for hydroxylation is 1. The van der Waals surface area contributed by atoms with E-state index in [0.29, 0.717) is 30.7 Å². The molecule has 0 bridgehead atoms. The number of para-hydroxylation sites is 2. The number of anilines is 1. The quantitative estimate of drug-likeness (QED) is 0.311. The Morgan fingerprint density at radius 2 is 1.83 bits per heavy atom. The normalized spacial score (nSPS) is 11.1. The summed E-state index contributed by atoms with van der Waals surface area (Å²) in [7, 11) is 0. The SMILES string of the molecule is CCOc1cc(/C=N\Nc2nc3ccccc3[nH]2)ccc1OCc1ccc(C)cc1. The Bertz CT molecular complexity index is 1120. The van der Waals surface area contributed by atoms with Crippen molar-refractivity contribution in [2.24, 2.45) is 5.10 Å². The highest BCUT2D eigenvalue weighted by Gasteiger charge is 2.07. The Kier molecular flexibility index (Phi) is 5.94. The topological polar surface area (TPSA) is 71.5 Å². The minimum atomic E-state index is 0.487. The molecule has 4 rings (SSSR count). The molecule has 4 aromatic rings. The second kappa shape index (κ2) is 9.13. The molecule has 1 aromatic heterocycles. The fourth-order valence-corrected chi connectivity index (χ4v) is 3.01. The van der Waals surface area contributed by atoms with E-state index in [1.807, 2.05) is 49.4 Å². The molecule has 0 radical (unpaired) electrons. The lowest BCUT2D eigenvalue weighted by atomic mass is 10.2. The van der Waals surface area contributed by atoms with Crippen LogP contribution in [0, 0.1) is 6.92 Å². The fourth-order valence-electron chi connectivity index (χ4n) is 3.01. The largest absolute Gasteiger partial charge is 0.490 e. The second-order valence-corrected chi connectivity index (χ2v) is 6.89. The number of nitrogens with one attached hydrogen (secondary N) is 2. The monoisotopic (exact) mass is 400 g/mol. The van der Waals surface area contributed by atoms with E-state index in [0.717, 1.165) is 22.2 Å². The molecule has 6 nitrogen and oxygen atoms in total. The summed E-state index contributed by atoms with van der Waals surface area (Å²) >= 11 is 0. The Morgan fingerprint density at radius 1 is 1.00 bits per heavy atom. The molecule has 1 heterocycles. The third-order valence-electron chi connectivity index (χ3n) is 4.56. The van der Waals surface area contributed by atoms with E-state index in [2.05, 4.69) is 51.7 Å². The Hall–Kier alpha value is -3.80. The molecule has 3 aromatic carbocycles. The van der Waals surface area contributed by atoms with Crippen molar-refractivity contribution in [2.45, 2.75) is 20.5 Å². The summed E-state index contributed by atoms with van der Waals surface area (Å²) in [5.74, 6) is 1.99. The van der Waals surface area contributed by atoms with Crippen LogP contribution in [0.3, 0.4) is 0 Å². The van der Waals surface area contributed by atoms with Crippen molar-refractivity contribution >= 4 is 23.2 Å². The molecule has 0 aliphatic rings. The molecule has 0 fully saturated rings. The number of rotatable bonds is 8. The summed E-state index contributed by atoms with van der Waals surface area (Å²) in [5.41, 5.74) is 8.02. The number of nitrogens with zero attached hydrogens (tertiary/aromatic N) is 2. The highest BCUT2D eigenvalue weighted by Crippen LogP contribution is 2.29. The van der Waals surface area contributed by atoms with Crippen LogP contribution in [0.1, 0.15) is 23.6 Å². The van der Waals surface area contributed by atoms with Crippen LogP contribution >= 0.6 is 0 Å². The van der Waals surface area contributed by atoms with Crippen molar-refractivity contribution < 1.29 is 9.47 Å². The Labute approximate surface area is 175 Å². The molecule has 0 spiro atoms. The smallest absolute Gasteiger partial charge is 0.222 e. The van der Waals surface area contributed by atoms with E-state index in [1.54, 1.807) is 6.21 Å². The minimum Gasteiger partial charge on any atom is -0.490 e. The van der Waals surface area contributed by atoms with E-state index < -0.39 is 0 Å². The van der Waals surface area contributed by atoms with Gasteiger partial charge >= 0.3 is 0 Å². The summed E-state index contributed by atoms with van der Waals surface area (Å²) in [6.45, 7) is 5.06. The zero-order chi connectivity index (χ0) is 20.8. The standard InChI is InChI=1S/C24H24N4O2/c1-3-29-23-14-19(12-13-22(23)30-16-18-10-8-17(2)9-11-18)15-25-28-24-26-20-6-4-5-7-21(20)27-24/h4-15H,3,16H2,1-2H3,(H2,26,27,28)/b25-15-. The number of fused-ring (bicyclic) bond motifs is 1. The predicted molar refractivity (Wildman–Crippen MR) is 120 cm³/mol. The fraction of sp³-hybridized carbons (Fsp3) is 0.167. The second-order valence-electron chi connectivity index (χ2n) is 6.89. The van der Waals surface area contributed by atoms with Crippen LogP contribution in [-0.2, 0) is 6.61 Å². The highest BCUT2D eigenvalue weighted by atomic mass is 16.5. The van der Waals surface area contributed by atoms with Crippen LogP contribution in [0.5, 0.6) is 11.5 Å². The number of benzene rings is 3. The van der Waals surface area contributed by atoms with E-state index in [1.165, 1.54) is 5.56 Å². The molecule has 0 saturated carbocycles. The zero-order valence-electron chi connectivity index (χ0n) is 17.1. The van der Waals surface area contributed by atoms with Crippen molar-refractivity contribution in [1.82, 2.24) is 9.97 Å². The maximum Gasteiger partial charge on any atom is 0.222 e. The number of hydrazone groups is 1. The van der Waals surface area contributed by atoms with Crippen LogP contribution in [0.25, 0.3) is 11.0 Å². The summed E-state index contributed by atoms with van der Waals surface area (Å²) in [6.07, 6.45) is 1.72. The van der Waals surface area contributed by atoms with Crippen LogP contribution in [0.4, 0.5) is 5.95 Å². The molecule has 30 heavy (non-hydrogen) atoms. The molecular formula is C24H24N4O2. The van der Waals surface area contributed by atoms with Crippen LogP contribution in [0.2, 0.25) is 0 Å². The molecule has 0 atom stereocenters. The average molecular weight is 400 g/mol. The minimum absolute atomic E-state index is 0.487. The van der Waals surface area contributed by atoms with Crippen LogP contribution < -0.4 is 14.9 Å². The van der Waals surface area contributed by atoms with Crippen LogP contribution in [-0.4, -0.2) is 22.8 Å². The van der Waals surface area contributed by atoms with Gasteiger partial charge in [-0.2, -0.15) is 5.10 Å². The lowest BCUT2D eigenvalue weighted by Gasteiger charge is -2.12. The van der Waals surface area contributed by atoms with E-state index in [4.69, 9.17) is 9.47 Å². The maximum absolute atomic E-state index is 5.98. The molecule has 0 aliphatic carbocycles. The first kappa shape index (κ1) is 19.5. The number of aromatic amines is 1. The molecular weight excluding hydrogens is 376 g/mol. The van der Waals surface area contributed by atoms with Gasteiger partial charge in [-0.15, -0.1) is 0 Å².